The van der Waals surface area contributed by atoms with Gasteiger partial charge < -0.3 is 9.73 Å². The zero-order chi connectivity index (χ0) is 7.40. The Balaban J connectivity index is 2.40. The number of nitrogens with one attached hydrogen (secondary N) is 1. The summed E-state index contributed by atoms with van der Waals surface area (Å²) in [6.07, 6.45) is 5.44. The first kappa shape index (κ1) is 7.19. The van der Waals surface area contributed by atoms with Gasteiger partial charge in [0.25, 0.3) is 0 Å². The van der Waals surface area contributed by atoms with Crippen LogP contribution in [-0.2, 0) is 0 Å². The highest BCUT2D eigenvalue weighted by molar-refractivity contribution is 5.38. The minimum atomic E-state index is 0.494. The third-order valence-electron chi connectivity index (χ3n) is 1.49. The van der Waals surface area contributed by atoms with Gasteiger partial charge >= 0.3 is 0 Å². The first-order chi connectivity index (χ1) is 4.83. The second-order valence-corrected chi connectivity index (χ2v) is 2.39. The molecule has 0 bridgehead atoms. The molecule has 0 aliphatic carbocycles. The van der Waals surface area contributed by atoms with E-state index in [0.29, 0.717) is 6.04 Å². The lowest BCUT2D eigenvalue weighted by molar-refractivity contribution is 0.558. The van der Waals surface area contributed by atoms with Gasteiger partial charge in [-0.25, -0.2) is 0 Å². The molecule has 0 spiro atoms. The van der Waals surface area contributed by atoms with Crippen molar-refractivity contribution in [2.45, 2.75) is 26.3 Å². The van der Waals surface area contributed by atoms with Gasteiger partial charge in [-0.1, -0.05) is 6.92 Å². The summed E-state index contributed by atoms with van der Waals surface area (Å²) in [5, 5.41) is 3.22. The van der Waals surface area contributed by atoms with Crippen LogP contribution in [0.25, 0.3) is 0 Å². The quantitative estimate of drug-likeness (QED) is 0.693. The Bertz CT molecular complexity index is 169. The van der Waals surface area contributed by atoms with Crippen molar-refractivity contribution in [1.82, 2.24) is 0 Å². The molecule has 10 heavy (non-hydrogen) atoms. The van der Waals surface area contributed by atoms with Gasteiger partial charge in [-0.2, -0.15) is 0 Å². The number of furan rings is 1. The van der Waals surface area contributed by atoms with Gasteiger partial charge in [-0.05, 0) is 13.3 Å². The molecule has 1 radical (unpaired) electrons. The maximum Gasteiger partial charge on any atom is 0.194 e. The molecule has 55 valence electrons. The molecule has 1 aromatic heterocycles. The van der Waals surface area contributed by atoms with E-state index in [1.807, 2.05) is 6.07 Å². The number of rotatable bonds is 3. The maximum absolute atomic E-state index is 4.77. The molecule has 0 amide bonds. The van der Waals surface area contributed by atoms with Gasteiger partial charge in [0, 0.05) is 12.1 Å². The largest absolute Gasteiger partial charge is 0.459 e. The minimum absolute atomic E-state index is 0.494. The van der Waals surface area contributed by atoms with E-state index in [1.54, 1.807) is 6.26 Å². The highest BCUT2D eigenvalue weighted by Gasteiger charge is 1.98. The van der Waals surface area contributed by atoms with Crippen molar-refractivity contribution in [3.05, 3.63) is 18.6 Å². The third kappa shape index (κ3) is 1.79. The Morgan fingerprint density at radius 3 is 3.10 bits per heavy atom. The normalized spacial score (nSPS) is 13.0. The number of anilines is 1. The second-order valence-electron chi connectivity index (χ2n) is 2.39. The lowest BCUT2D eigenvalue weighted by Crippen LogP contribution is -2.12. The van der Waals surface area contributed by atoms with Crippen LogP contribution in [0, 0.1) is 6.26 Å². The number of hydrogen-bond donors (Lipinski definition) is 1. The van der Waals surface area contributed by atoms with E-state index < -0.39 is 0 Å². The molecule has 0 fully saturated rings. The highest BCUT2D eigenvalue weighted by Crippen LogP contribution is 2.08. The average Bonchev–Trinajstić information content (AvgIpc) is 2.40. The van der Waals surface area contributed by atoms with Crippen molar-refractivity contribution in [1.29, 1.82) is 0 Å². The zero-order valence-electron chi connectivity index (χ0n) is 6.35. The van der Waals surface area contributed by atoms with Crippen molar-refractivity contribution >= 4 is 5.69 Å². The molecular formula is C8H12NO. The summed E-state index contributed by atoms with van der Waals surface area (Å²) >= 11 is 0. The maximum atomic E-state index is 4.77. The topological polar surface area (TPSA) is 25.2 Å². The predicted octanol–water partition coefficient (Wildman–Crippen LogP) is 2.29. The third-order valence-corrected chi connectivity index (χ3v) is 1.49. The predicted molar refractivity (Wildman–Crippen MR) is 40.9 cm³/mol. The molecule has 1 rings (SSSR count). The van der Waals surface area contributed by atoms with Crippen molar-refractivity contribution < 1.29 is 4.42 Å². The van der Waals surface area contributed by atoms with Crippen LogP contribution in [0.5, 0.6) is 0 Å². The van der Waals surface area contributed by atoms with E-state index in [2.05, 4.69) is 25.4 Å². The second kappa shape index (κ2) is 3.30. The first-order valence-electron chi connectivity index (χ1n) is 3.54. The number of hydrogen-bond acceptors (Lipinski definition) is 2. The lowest BCUT2D eigenvalue weighted by atomic mass is 10.2. The fourth-order valence-electron chi connectivity index (χ4n) is 0.679. The molecule has 1 N–H and O–H groups in total. The van der Waals surface area contributed by atoms with E-state index >= 15 is 0 Å². The summed E-state index contributed by atoms with van der Waals surface area (Å²) in [6.45, 7) is 4.26. The van der Waals surface area contributed by atoms with Gasteiger partial charge in [-0.15, -0.1) is 0 Å². The summed E-state index contributed by atoms with van der Waals surface area (Å²) < 4.78 is 4.77. The molecular weight excluding hydrogens is 126 g/mol. The Hall–Kier alpha value is -0.920. The molecule has 2 nitrogen and oxygen atoms in total. The van der Waals surface area contributed by atoms with Crippen molar-refractivity contribution in [2.75, 3.05) is 5.32 Å². The smallest absolute Gasteiger partial charge is 0.194 e. The molecule has 0 saturated heterocycles. The highest BCUT2D eigenvalue weighted by atomic mass is 16.3. The average molecular weight is 138 g/mol. The molecule has 1 unspecified atom stereocenters. The molecule has 0 aromatic carbocycles. The van der Waals surface area contributed by atoms with Crippen LogP contribution < -0.4 is 5.32 Å². The van der Waals surface area contributed by atoms with Crippen LogP contribution in [0.2, 0.25) is 0 Å². The van der Waals surface area contributed by atoms with E-state index in [-0.39, 0.29) is 0 Å². The summed E-state index contributed by atoms with van der Waals surface area (Å²) in [6, 6.07) is 2.36. The van der Waals surface area contributed by atoms with Crippen LogP contribution in [0.4, 0.5) is 5.69 Å². The summed E-state index contributed by atoms with van der Waals surface area (Å²) in [7, 11) is 0. The molecule has 2 heteroatoms. The van der Waals surface area contributed by atoms with Gasteiger partial charge in [-0.3, -0.25) is 0 Å². The molecule has 1 heterocycles. The summed E-state index contributed by atoms with van der Waals surface area (Å²) in [4.78, 5) is 0. The van der Waals surface area contributed by atoms with Crippen molar-refractivity contribution in [2.24, 2.45) is 0 Å². The van der Waals surface area contributed by atoms with Gasteiger partial charge in [0.1, 0.15) is 0 Å². The standard InChI is InChI=1S/C8H12NO/c1-3-7(2)9-8-4-5-10-6-8/h4-5,7,9H,3H2,1-2H3. The van der Waals surface area contributed by atoms with Crippen molar-refractivity contribution in [3.63, 3.8) is 0 Å². The minimum Gasteiger partial charge on any atom is -0.459 e. The Kier molecular flexibility index (Phi) is 2.37. The monoisotopic (exact) mass is 138 g/mol. The molecule has 0 saturated carbocycles. The van der Waals surface area contributed by atoms with Crippen LogP contribution >= 0.6 is 0 Å². The van der Waals surface area contributed by atoms with Crippen molar-refractivity contribution in [3.8, 4) is 0 Å². The Labute approximate surface area is 61.2 Å². The lowest BCUT2D eigenvalue weighted by Gasteiger charge is -2.08. The van der Waals surface area contributed by atoms with Gasteiger partial charge in [0.05, 0.1) is 12.0 Å². The van der Waals surface area contributed by atoms with Crippen LogP contribution in [-0.4, -0.2) is 6.04 Å². The van der Waals surface area contributed by atoms with Crippen LogP contribution in [0.1, 0.15) is 20.3 Å². The Morgan fingerprint density at radius 2 is 2.60 bits per heavy atom. The molecule has 1 aromatic rings. The summed E-state index contributed by atoms with van der Waals surface area (Å²) in [5.41, 5.74) is 0.939. The van der Waals surface area contributed by atoms with E-state index in [0.717, 1.165) is 12.1 Å². The molecule has 0 aliphatic heterocycles. The van der Waals surface area contributed by atoms with Crippen LogP contribution in [0.15, 0.2) is 16.7 Å². The molecule has 0 aliphatic rings. The molecule has 1 atom stereocenters. The van der Waals surface area contributed by atoms with Gasteiger partial charge in [0.2, 0.25) is 0 Å². The fraction of sp³-hybridized carbons (Fsp3) is 0.500. The fourth-order valence-corrected chi connectivity index (χ4v) is 0.679. The van der Waals surface area contributed by atoms with E-state index in [1.165, 1.54) is 0 Å². The van der Waals surface area contributed by atoms with Crippen LogP contribution in [0.3, 0.4) is 0 Å². The Morgan fingerprint density at radius 1 is 1.80 bits per heavy atom. The van der Waals surface area contributed by atoms with E-state index in [9.17, 15) is 0 Å². The first-order valence-corrected chi connectivity index (χ1v) is 3.54. The zero-order valence-corrected chi connectivity index (χ0v) is 6.35. The SMILES string of the molecule is CCC(C)Nc1[c]occ1. The van der Waals surface area contributed by atoms with Gasteiger partial charge in [0.15, 0.2) is 6.26 Å². The van der Waals surface area contributed by atoms with E-state index in [4.69, 9.17) is 4.42 Å². The summed E-state index contributed by atoms with van der Waals surface area (Å²) in [5.74, 6) is 0.